The predicted octanol–water partition coefficient (Wildman–Crippen LogP) is -0.870. The largest absolute Gasteiger partial charge is 0.455 e. The Morgan fingerprint density at radius 2 is 1.42 bits per heavy atom. The second-order valence-electron chi connectivity index (χ2n) is 3.98. The number of esters is 3. The monoisotopic (exact) mass is 276 g/mol. The van der Waals surface area contributed by atoms with Gasteiger partial charge < -0.3 is 24.1 Å². The minimum Gasteiger partial charge on any atom is -0.455 e. The fourth-order valence-electron chi connectivity index (χ4n) is 1.75. The molecule has 108 valence electrons. The lowest BCUT2D eigenvalue weighted by molar-refractivity contribution is -0.196. The standard InChI is InChI=1S/C11H16O8/c1-5(13)16-9-8(4-12)19-11(18-7(3)15)10(9)17-6(2)14/h8-12H,4H2,1-3H3/t8-,9+,10+,11+/m1/s1. The van der Waals surface area contributed by atoms with Gasteiger partial charge in [-0.3, -0.25) is 14.4 Å². The molecule has 0 aliphatic carbocycles. The molecule has 1 aliphatic heterocycles. The average molecular weight is 276 g/mol. The number of ether oxygens (including phenoxy) is 4. The van der Waals surface area contributed by atoms with Crippen LogP contribution in [0.4, 0.5) is 0 Å². The zero-order valence-corrected chi connectivity index (χ0v) is 10.8. The van der Waals surface area contributed by atoms with Crippen LogP contribution in [-0.2, 0) is 33.3 Å². The van der Waals surface area contributed by atoms with Crippen molar-refractivity contribution in [3.05, 3.63) is 0 Å². The van der Waals surface area contributed by atoms with Crippen molar-refractivity contribution in [2.45, 2.75) is 45.4 Å². The van der Waals surface area contributed by atoms with Gasteiger partial charge in [-0.25, -0.2) is 0 Å². The number of hydrogen-bond donors (Lipinski definition) is 1. The van der Waals surface area contributed by atoms with Gasteiger partial charge in [-0.15, -0.1) is 0 Å². The summed E-state index contributed by atoms with van der Waals surface area (Å²) in [4.78, 5) is 33.0. The van der Waals surface area contributed by atoms with Crippen LogP contribution in [0.2, 0.25) is 0 Å². The lowest BCUT2D eigenvalue weighted by atomic mass is 10.1. The SMILES string of the molecule is CC(=O)O[C@H]1O[C@H](CO)[C@H](OC(C)=O)[C@@H]1OC(C)=O. The Bertz CT molecular complexity index is 366. The van der Waals surface area contributed by atoms with Crippen LogP contribution in [0, 0.1) is 0 Å². The van der Waals surface area contributed by atoms with E-state index in [4.69, 9.17) is 24.1 Å². The third kappa shape index (κ3) is 4.18. The lowest BCUT2D eigenvalue weighted by Gasteiger charge is -2.22. The molecule has 0 amide bonds. The first-order valence-corrected chi connectivity index (χ1v) is 5.63. The van der Waals surface area contributed by atoms with Gasteiger partial charge in [-0.2, -0.15) is 0 Å². The van der Waals surface area contributed by atoms with Gasteiger partial charge in [0.05, 0.1) is 6.61 Å². The van der Waals surface area contributed by atoms with Crippen LogP contribution in [0.15, 0.2) is 0 Å². The molecular formula is C11H16O8. The highest BCUT2D eigenvalue weighted by Gasteiger charge is 2.50. The second kappa shape index (κ2) is 6.48. The summed E-state index contributed by atoms with van der Waals surface area (Å²) >= 11 is 0. The van der Waals surface area contributed by atoms with E-state index in [0.717, 1.165) is 13.8 Å². The number of carbonyl (C=O) groups is 3. The Morgan fingerprint density at radius 3 is 1.84 bits per heavy atom. The Kier molecular flexibility index (Phi) is 5.25. The van der Waals surface area contributed by atoms with Gasteiger partial charge >= 0.3 is 17.9 Å². The highest BCUT2D eigenvalue weighted by Crippen LogP contribution is 2.27. The van der Waals surface area contributed by atoms with Gasteiger partial charge in [0.2, 0.25) is 12.4 Å². The Labute approximate surface area is 109 Å². The molecule has 0 aromatic carbocycles. The van der Waals surface area contributed by atoms with Crippen LogP contribution < -0.4 is 0 Å². The summed E-state index contributed by atoms with van der Waals surface area (Å²) in [5, 5.41) is 9.16. The van der Waals surface area contributed by atoms with Gasteiger partial charge in [-0.05, 0) is 0 Å². The minimum absolute atomic E-state index is 0.479. The molecule has 1 rings (SSSR count). The molecule has 0 spiro atoms. The molecular weight excluding hydrogens is 260 g/mol. The quantitative estimate of drug-likeness (QED) is 0.521. The van der Waals surface area contributed by atoms with Crippen LogP contribution in [0.25, 0.3) is 0 Å². The molecule has 4 atom stereocenters. The molecule has 0 saturated carbocycles. The molecule has 1 heterocycles. The van der Waals surface area contributed by atoms with Gasteiger partial charge in [0.1, 0.15) is 6.10 Å². The maximum Gasteiger partial charge on any atom is 0.305 e. The summed E-state index contributed by atoms with van der Waals surface area (Å²) in [6.07, 6.45) is -4.29. The summed E-state index contributed by atoms with van der Waals surface area (Å²) in [6, 6.07) is 0. The molecule has 0 aromatic rings. The van der Waals surface area contributed by atoms with Crippen molar-refractivity contribution < 1.29 is 38.4 Å². The van der Waals surface area contributed by atoms with Crippen LogP contribution in [0.3, 0.4) is 0 Å². The fourth-order valence-corrected chi connectivity index (χ4v) is 1.75. The van der Waals surface area contributed by atoms with Crippen molar-refractivity contribution in [2.24, 2.45) is 0 Å². The van der Waals surface area contributed by atoms with Crippen molar-refractivity contribution in [3.8, 4) is 0 Å². The van der Waals surface area contributed by atoms with Gasteiger partial charge in [0, 0.05) is 20.8 Å². The van der Waals surface area contributed by atoms with E-state index in [1.54, 1.807) is 0 Å². The first kappa shape index (κ1) is 15.4. The van der Waals surface area contributed by atoms with Gasteiger partial charge in [-0.1, -0.05) is 0 Å². The first-order valence-electron chi connectivity index (χ1n) is 5.63. The number of carbonyl (C=O) groups excluding carboxylic acids is 3. The molecule has 19 heavy (non-hydrogen) atoms. The van der Waals surface area contributed by atoms with E-state index in [0.29, 0.717) is 0 Å². The summed E-state index contributed by atoms with van der Waals surface area (Å²) in [5.41, 5.74) is 0. The number of aliphatic hydroxyl groups excluding tert-OH is 1. The van der Waals surface area contributed by atoms with Crippen molar-refractivity contribution in [1.29, 1.82) is 0 Å². The zero-order chi connectivity index (χ0) is 14.6. The molecule has 8 heteroatoms. The predicted molar refractivity (Wildman–Crippen MR) is 58.6 cm³/mol. The van der Waals surface area contributed by atoms with Crippen LogP contribution in [-0.4, -0.2) is 54.2 Å². The van der Waals surface area contributed by atoms with E-state index < -0.39 is 49.1 Å². The van der Waals surface area contributed by atoms with Crippen LogP contribution >= 0.6 is 0 Å². The maximum absolute atomic E-state index is 11.0. The molecule has 1 aliphatic rings. The van der Waals surface area contributed by atoms with E-state index in [-0.39, 0.29) is 0 Å². The van der Waals surface area contributed by atoms with E-state index in [1.165, 1.54) is 6.92 Å². The topological polar surface area (TPSA) is 108 Å². The minimum atomic E-state index is -1.22. The average Bonchev–Trinajstić information content (AvgIpc) is 2.55. The van der Waals surface area contributed by atoms with E-state index in [9.17, 15) is 14.4 Å². The molecule has 0 bridgehead atoms. The van der Waals surface area contributed by atoms with Crippen molar-refractivity contribution in [2.75, 3.05) is 6.61 Å². The molecule has 1 fully saturated rings. The van der Waals surface area contributed by atoms with E-state index >= 15 is 0 Å². The molecule has 1 saturated heterocycles. The third-order valence-electron chi connectivity index (χ3n) is 2.33. The Hall–Kier alpha value is -1.67. The molecule has 0 unspecified atom stereocenters. The Morgan fingerprint density at radius 1 is 0.947 bits per heavy atom. The van der Waals surface area contributed by atoms with Crippen LogP contribution in [0.1, 0.15) is 20.8 Å². The highest BCUT2D eigenvalue weighted by molar-refractivity contribution is 5.68. The molecule has 0 radical (unpaired) electrons. The van der Waals surface area contributed by atoms with E-state index in [1.807, 2.05) is 0 Å². The smallest absolute Gasteiger partial charge is 0.305 e. The summed E-state index contributed by atoms with van der Waals surface area (Å²) < 4.78 is 19.9. The molecule has 0 aromatic heterocycles. The van der Waals surface area contributed by atoms with Crippen molar-refractivity contribution in [3.63, 3.8) is 0 Å². The zero-order valence-electron chi connectivity index (χ0n) is 10.8. The van der Waals surface area contributed by atoms with Crippen LogP contribution in [0.5, 0.6) is 0 Å². The van der Waals surface area contributed by atoms with Gasteiger partial charge in [0.25, 0.3) is 0 Å². The summed E-state index contributed by atoms with van der Waals surface area (Å²) in [6.45, 7) is 3.00. The number of rotatable bonds is 4. The molecule has 8 nitrogen and oxygen atoms in total. The Balaban J connectivity index is 2.90. The van der Waals surface area contributed by atoms with Crippen molar-refractivity contribution in [1.82, 2.24) is 0 Å². The maximum atomic E-state index is 11.0. The first-order chi connectivity index (χ1) is 8.85. The van der Waals surface area contributed by atoms with Gasteiger partial charge in [0.15, 0.2) is 6.10 Å². The third-order valence-corrected chi connectivity index (χ3v) is 2.33. The number of aliphatic hydroxyl groups is 1. The summed E-state index contributed by atoms with van der Waals surface area (Å²) in [5.74, 6) is -1.93. The lowest BCUT2D eigenvalue weighted by Crippen LogP contribution is -2.41. The second-order valence-corrected chi connectivity index (χ2v) is 3.98. The fraction of sp³-hybridized carbons (Fsp3) is 0.727. The number of hydrogen-bond acceptors (Lipinski definition) is 8. The summed E-state index contributed by atoms with van der Waals surface area (Å²) in [7, 11) is 0. The molecule has 1 N–H and O–H groups in total. The normalized spacial score (nSPS) is 29.7. The highest BCUT2D eigenvalue weighted by atomic mass is 16.7. The van der Waals surface area contributed by atoms with E-state index in [2.05, 4.69) is 0 Å². The van der Waals surface area contributed by atoms with Crippen molar-refractivity contribution >= 4 is 17.9 Å².